The van der Waals surface area contributed by atoms with Crippen LogP contribution in [0.15, 0.2) is 65.7 Å². The van der Waals surface area contributed by atoms with Gasteiger partial charge in [0.25, 0.3) is 0 Å². The number of aryl methyl sites for hydroxylation is 1. The zero-order valence-electron chi connectivity index (χ0n) is 20.1. The summed E-state index contributed by atoms with van der Waals surface area (Å²) in [7, 11) is -4.01. The van der Waals surface area contributed by atoms with Crippen LogP contribution in [0.1, 0.15) is 29.7 Å². The van der Waals surface area contributed by atoms with Gasteiger partial charge in [0.15, 0.2) is 0 Å². The van der Waals surface area contributed by atoms with E-state index < -0.39 is 22.5 Å². The standard InChI is InChI=1S/C26H27ClN4O4S/c1-18-8-12-22(13-9-18)36(34,35)30(17-25(32)29-24-6-3-5-23(27)19(24)2)16-20-10-11-21(15-28-20)31-14-4-7-26(31)33/h3,5-6,8-13,15H,4,7,14,16-17H2,1-2H3,(H,29,32). The predicted octanol–water partition coefficient (Wildman–Crippen LogP) is 4.31. The Morgan fingerprint density at radius 1 is 1.11 bits per heavy atom. The number of carbonyl (C=O) groups excluding carboxylic acids is 2. The molecule has 188 valence electrons. The first-order valence-corrected chi connectivity index (χ1v) is 13.3. The summed E-state index contributed by atoms with van der Waals surface area (Å²) < 4.78 is 28.1. The Morgan fingerprint density at radius 2 is 1.86 bits per heavy atom. The molecule has 0 unspecified atom stereocenters. The molecule has 1 saturated heterocycles. The van der Waals surface area contributed by atoms with Gasteiger partial charge in [-0.15, -0.1) is 0 Å². The monoisotopic (exact) mass is 526 g/mol. The number of nitrogens with zero attached hydrogens (tertiary/aromatic N) is 3. The average Bonchev–Trinajstić information content (AvgIpc) is 3.28. The molecular weight excluding hydrogens is 500 g/mol. The van der Waals surface area contributed by atoms with Crippen LogP contribution in [-0.2, 0) is 26.2 Å². The third kappa shape index (κ3) is 5.75. The van der Waals surface area contributed by atoms with E-state index in [0.29, 0.717) is 40.6 Å². The minimum atomic E-state index is -4.01. The van der Waals surface area contributed by atoms with Crippen molar-refractivity contribution in [2.75, 3.05) is 23.3 Å². The van der Waals surface area contributed by atoms with Crippen LogP contribution in [0.25, 0.3) is 0 Å². The first kappa shape index (κ1) is 25.8. The summed E-state index contributed by atoms with van der Waals surface area (Å²) in [6.07, 6.45) is 2.86. The highest BCUT2D eigenvalue weighted by molar-refractivity contribution is 7.89. The molecule has 0 bridgehead atoms. The van der Waals surface area contributed by atoms with Crippen LogP contribution < -0.4 is 10.2 Å². The first-order chi connectivity index (χ1) is 17.1. The third-order valence-corrected chi connectivity index (χ3v) is 8.27. The van der Waals surface area contributed by atoms with Gasteiger partial charge in [0.2, 0.25) is 21.8 Å². The molecule has 3 aromatic rings. The fourth-order valence-electron chi connectivity index (χ4n) is 3.95. The highest BCUT2D eigenvalue weighted by Crippen LogP contribution is 2.25. The van der Waals surface area contributed by atoms with Crippen molar-refractivity contribution in [3.8, 4) is 0 Å². The number of carbonyl (C=O) groups is 2. The molecule has 2 heterocycles. The Balaban J connectivity index is 1.59. The van der Waals surface area contributed by atoms with Crippen LogP contribution in [0.4, 0.5) is 11.4 Å². The summed E-state index contributed by atoms with van der Waals surface area (Å²) >= 11 is 6.15. The summed E-state index contributed by atoms with van der Waals surface area (Å²) in [4.78, 5) is 31.1. The third-order valence-electron chi connectivity index (χ3n) is 6.05. The van der Waals surface area contributed by atoms with Gasteiger partial charge in [-0.3, -0.25) is 14.6 Å². The van der Waals surface area contributed by atoms with E-state index in [1.807, 2.05) is 6.92 Å². The Hall–Kier alpha value is -3.27. The molecule has 0 saturated carbocycles. The topological polar surface area (TPSA) is 99.7 Å². The zero-order valence-corrected chi connectivity index (χ0v) is 21.6. The molecule has 8 nitrogen and oxygen atoms in total. The fourth-order valence-corrected chi connectivity index (χ4v) is 5.49. The average molecular weight is 527 g/mol. The van der Waals surface area contributed by atoms with Crippen molar-refractivity contribution in [2.24, 2.45) is 0 Å². The molecule has 0 radical (unpaired) electrons. The summed E-state index contributed by atoms with van der Waals surface area (Å²) in [5.74, 6) is -0.462. The largest absolute Gasteiger partial charge is 0.325 e. The number of amides is 2. The number of hydrogen-bond acceptors (Lipinski definition) is 5. The quantitative estimate of drug-likeness (QED) is 0.471. The van der Waals surface area contributed by atoms with Gasteiger partial charge in [0.05, 0.1) is 35.6 Å². The normalized spacial score (nSPS) is 13.9. The number of anilines is 2. The molecule has 1 fully saturated rings. The highest BCUT2D eigenvalue weighted by Gasteiger charge is 2.28. The van der Waals surface area contributed by atoms with E-state index in [1.165, 1.54) is 12.1 Å². The second-order valence-corrected chi connectivity index (χ2v) is 11.0. The number of sulfonamides is 1. The van der Waals surface area contributed by atoms with E-state index in [1.54, 1.807) is 60.5 Å². The number of benzene rings is 2. The molecule has 0 atom stereocenters. The minimum absolute atomic E-state index is 0.0427. The molecule has 1 aliphatic rings. The molecule has 1 aromatic heterocycles. The maximum atomic E-state index is 13.5. The van der Waals surface area contributed by atoms with E-state index in [-0.39, 0.29) is 17.3 Å². The Morgan fingerprint density at radius 3 is 2.50 bits per heavy atom. The van der Waals surface area contributed by atoms with Crippen molar-refractivity contribution in [1.82, 2.24) is 9.29 Å². The van der Waals surface area contributed by atoms with E-state index >= 15 is 0 Å². The van der Waals surface area contributed by atoms with Crippen LogP contribution in [0.5, 0.6) is 0 Å². The predicted molar refractivity (Wildman–Crippen MR) is 139 cm³/mol. The van der Waals surface area contributed by atoms with Gasteiger partial charge in [-0.25, -0.2) is 8.42 Å². The van der Waals surface area contributed by atoms with Crippen LogP contribution in [-0.4, -0.2) is 42.6 Å². The van der Waals surface area contributed by atoms with Crippen molar-refractivity contribution in [3.05, 3.63) is 82.6 Å². The van der Waals surface area contributed by atoms with Crippen molar-refractivity contribution < 1.29 is 18.0 Å². The minimum Gasteiger partial charge on any atom is -0.325 e. The Bertz CT molecular complexity index is 1380. The molecule has 10 heteroatoms. The lowest BCUT2D eigenvalue weighted by Crippen LogP contribution is -2.38. The lowest BCUT2D eigenvalue weighted by molar-refractivity contribution is -0.117. The summed E-state index contributed by atoms with van der Waals surface area (Å²) in [5.41, 5.74) is 3.24. The number of rotatable bonds is 8. The molecule has 0 spiro atoms. The summed E-state index contributed by atoms with van der Waals surface area (Å²) in [6.45, 7) is 3.74. The van der Waals surface area contributed by atoms with E-state index in [4.69, 9.17) is 11.6 Å². The van der Waals surface area contributed by atoms with Crippen molar-refractivity contribution in [1.29, 1.82) is 0 Å². The summed E-state index contributed by atoms with van der Waals surface area (Å²) in [5, 5.41) is 3.25. The van der Waals surface area contributed by atoms with Crippen molar-refractivity contribution >= 4 is 44.8 Å². The maximum Gasteiger partial charge on any atom is 0.243 e. The SMILES string of the molecule is Cc1ccc(S(=O)(=O)N(CC(=O)Nc2cccc(Cl)c2C)Cc2ccc(N3CCCC3=O)cn2)cc1. The number of aromatic nitrogens is 1. The second-order valence-electron chi connectivity index (χ2n) is 8.70. The Labute approximate surface area is 216 Å². The molecule has 2 amide bonds. The number of nitrogens with one attached hydrogen (secondary N) is 1. The van der Waals surface area contributed by atoms with Gasteiger partial charge in [0.1, 0.15) is 0 Å². The van der Waals surface area contributed by atoms with E-state index in [2.05, 4.69) is 10.3 Å². The molecule has 2 aromatic carbocycles. The van der Waals surface area contributed by atoms with Gasteiger partial charge in [-0.1, -0.05) is 35.4 Å². The fraction of sp³-hybridized carbons (Fsp3) is 0.269. The lowest BCUT2D eigenvalue weighted by Gasteiger charge is -2.22. The van der Waals surface area contributed by atoms with Crippen molar-refractivity contribution in [3.63, 3.8) is 0 Å². The Kier molecular flexibility index (Phi) is 7.73. The van der Waals surface area contributed by atoms with Crippen LogP contribution in [0.2, 0.25) is 5.02 Å². The van der Waals surface area contributed by atoms with E-state index in [0.717, 1.165) is 16.3 Å². The van der Waals surface area contributed by atoms with Gasteiger partial charge in [0, 0.05) is 23.7 Å². The second kappa shape index (κ2) is 10.8. The number of hydrogen-bond donors (Lipinski definition) is 1. The highest BCUT2D eigenvalue weighted by atomic mass is 35.5. The smallest absolute Gasteiger partial charge is 0.243 e. The van der Waals surface area contributed by atoms with Crippen LogP contribution in [0, 0.1) is 13.8 Å². The van der Waals surface area contributed by atoms with Gasteiger partial charge >= 0.3 is 0 Å². The number of halogens is 1. The molecule has 1 N–H and O–H groups in total. The van der Waals surface area contributed by atoms with Crippen LogP contribution >= 0.6 is 11.6 Å². The lowest BCUT2D eigenvalue weighted by atomic mass is 10.2. The van der Waals surface area contributed by atoms with Crippen molar-refractivity contribution in [2.45, 2.75) is 38.1 Å². The molecular formula is C26H27ClN4O4S. The zero-order chi connectivity index (χ0) is 25.9. The van der Waals surface area contributed by atoms with Crippen LogP contribution in [0.3, 0.4) is 0 Å². The number of pyridine rings is 1. The molecule has 4 rings (SSSR count). The molecule has 36 heavy (non-hydrogen) atoms. The maximum absolute atomic E-state index is 13.5. The molecule has 0 aliphatic carbocycles. The first-order valence-electron chi connectivity index (χ1n) is 11.5. The van der Waals surface area contributed by atoms with Gasteiger partial charge in [-0.05, 0) is 62.2 Å². The summed E-state index contributed by atoms with van der Waals surface area (Å²) in [6, 6.07) is 15.0. The van der Waals surface area contributed by atoms with Gasteiger partial charge < -0.3 is 10.2 Å². The molecule has 1 aliphatic heterocycles. The van der Waals surface area contributed by atoms with E-state index in [9.17, 15) is 18.0 Å². The van der Waals surface area contributed by atoms with Gasteiger partial charge in [-0.2, -0.15) is 4.31 Å².